The molecule has 0 aromatic heterocycles. The van der Waals surface area contributed by atoms with Crippen LogP contribution in [0.3, 0.4) is 0 Å². The second-order valence-corrected chi connectivity index (χ2v) is 4.30. The molecule has 0 aromatic rings. The molecule has 0 unspecified atom stereocenters. The number of nitrogens with one attached hydrogen (secondary N) is 1. The fourth-order valence-electron chi connectivity index (χ4n) is 1.77. The first kappa shape index (κ1) is 12.5. The van der Waals surface area contributed by atoms with E-state index in [1.165, 1.54) is 19.3 Å². The Bertz CT molecular complexity index is 186. The van der Waals surface area contributed by atoms with E-state index in [0.717, 1.165) is 32.1 Å². The van der Waals surface area contributed by atoms with Crippen LogP contribution in [0, 0.1) is 5.92 Å². The fourth-order valence-corrected chi connectivity index (χ4v) is 1.77. The van der Waals surface area contributed by atoms with Crippen molar-refractivity contribution in [3.05, 3.63) is 0 Å². The summed E-state index contributed by atoms with van der Waals surface area (Å²) in [7, 11) is 0. The van der Waals surface area contributed by atoms with Crippen LogP contribution in [0.25, 0.3) is 0 Å². The van der Waals surface area contributed by atoms with Gasteiger partial charge in [0, 0.05) is 26.1 Å². The SMILES string of the molecule is CCN(CC)C(=O)CCNCCC1CC1. The lowest BCUT2D eigenvalue weighted by atomic mass is 10.3. The van der Waals surface area contributed by atoms with Crippen molar-refractivity contribution in [2.45, 2.75) is 39.5 Å². The van der Waals surface area contributed by atoms with Crippen LogP contribution in [0.4, 0.5) is 0 Å². The minimum atomic E-state index is 0.277. The van der Waals surface area contributed by atoms with Crippen molar-refractivity contribution in [2.24, 2.45) is 5.92 Å². The van der Waals surface area contributed by atoms with Gasteiger partial charge in [-0.15, -0.1) is 0 Å². The fraction of sp³-hybridized carbons (Fsp3) is 0.917. The highest BCUT2D eigenvalue weighted by molar-refractivity contribution is 5.76. The van der Waals surface area contributed by atoms with Gasteiger partial charge in [-0.1, -0.05) is 12.8 Å². The molecule has 0 aromatic carbocycles. The van der Waals surface area contributed by atoms with E-state index in [-0.39, 0.29) is 5.91 Å². The molecule has 1 aliphatic rings. The number of amides is 1. The highest BCUT2D eigenvalue weighted by Gasteiger charge is 2.19. The lowest BCUT2D eigenvalue weighted by molar-refractivity contribution is -0.130. The Balaban J connectivity index is 1.94. The third-order valence-electron chi connectivity index (χ3n) is 3.06. The second kappa shape index (κ2) is 6.83. The lowest BCUT2D eigenvalue weighted by Crippen LogP contribution is -2.33. The third-order valence-corrected chi connectivity index (χ3v) is 3.06. The highest BCUT2D eigenvalue weighted by Crippen LogP contribution is 2.31. The molecule has 0 saturated heterocycles. The minimum absolute atomic E-state index is 0.277. The van der Waals surface area contributed by atoms with Crippen LogP contribution in [-0.2, 0) is 4.79 Å². The van der Waals surface area contributed by atoms with Crippen LogP contribution < -0.4 is 5.32 Å². The first-order chi connectivity index (χ1) is 7.27. The molecule has 0 radical (unpaired) electrons. The molecule has 15 heavy (non-hydrogen) atoms. The Hall–Kier alpha value is -0.570. The Morgan fingerprint density at radius 1 is 1.27 bits per heavy atom. The predicted molar refractivity (Wildman–Crippen MR) is 62.8 cm³/mol. The number of carbonyl (C=O) groups excluding carboxylic acids is 1. The molecule has 1 amide bonds. The standard InChI is InChI=1S/C12H24N2O/c1-3-14(4-2)12(15)8-10-13-9-7-11-5-6-11/h11,13H,3-10H2,1-2H3. The van der Waals surface area contributed by atoms with Crippen molar-refractivity contribution < 1.29 is 4.79 Å². The Kier molecular flexibility index (Phi) is 5.69. The zero-order valence-electron chi connectivity index (χ0n) is 10.1. The summed E-state index contributed by atoms with van der Waals surface area (Å²) in [5.74, 6) is 1.26. The van der Waals surface area contributed by atoms with Gasteiger partial charge >= 0.3 is 0 Å². The molecule has 1 rings (SSSR count). The van der Waals surface area contributed by atoms with Gasteiger partial charge in [0.1, 0.15) is 0 Å². The molecule has 0 bridgehead atoms. The van der Waals surface area contributed by atoms with Crippen LogP contribution in [0.15, 0.2) is 0 Å². The van der Waals surface area contributed by atoms with Gasteiger partial charge in [-0.2, -0.15) is 0 Å². The molecule has 1 N–H and O–H groups in total. The largest absolute Gasteiger partial charge is 0.343 e. The van der Waals surface area contributed by atoms with E-state index < -0.39 is 0 Å². The van der Waals surface area contributed by atoms with Gasteiger partial charge in [-0.3, -0.25) is 4.79 Å². The molecule has 0 heterocycles. The van der Waals surface area contributed by atoms with E-state index in [1.807, 2.05) is 18.7 Å². The second-order valence-electron chi connectivity index (χ2n) is 4.30. The molecule has 1 saturated carbocycles. The topological polar surface area (TPSA) is 32.3 Å². The zero-order chi connectivity index (χ0) is 11.1. The average molecular weight is 212 g/mol. The molecule has 0 spiro atoms. The van der Waals surface area contributed by atoms with Crippen LogP contribution in [0.1, 0.15) is 39.5 Å². The average Bonchev–Trinajstić information content (AvgIpc) is 3.03. The predicted octanol–water partition coefficient (Wildman–Crippen LogP) is 1.63. The number of rotatable bonds is 8. The zero-order valence-corrected chi connectivity index (χ0v) is 10.1. The third kappa shape index (κ3) is 5.17. The maximum absolute atomic E-state index is 11.6. The van der Waals surface area contributed by atoms with E-state index in [9.17, 15) is 4.79 Å². The molecule has 0 aliphatic heterocycles. The maximum atomic E-state index is 11.6. The van der Waals surface area contributed by atoms with E-state index in [4.69, 9.17) is 0 Å². The first-order valence-corrected chi connectivity index (χ1v) is 6.26. The van der Waals surface area contributed by atoms with Gasteiger partial charge in [0.2, 0.25) is 5.91 Å². The van der Waals surface area contributed by atoms with Crippen LogP contribution in [0.2, 0.25) is 0 Å². The summed E-state index contributed by atoms with van der Waals surface area (Å²) in [6.07, 6.45) is 4.77. The Morgan fingerprint density at radius 2 is 1.93 bits per heavy atom. The van der Waals surface area contributed by atoms with Gasteiger partial charge in [0.15, 0.2) is 0 Å². The summed E-state index contributed by atoms with van der Waals surface area (Å²) in [5.41, 5.74) is 0. The number of nitrogens with zero attached hydrogens (tertiary/aromatic N) is 1. The maximum Gasteiger partial charge on any atom is 0.223 e. The van der Waals surface area contributed by atoms with E-state index in [0.29, 0.717) is 6.42 Å². The number of hydrogen-bond acceptors (Lipinski definition) is 2. The minimum Gasteiger partial charge on any atom is -0.343 e. The van der Waals surface area contributed by atoms with Crippen molar-refractivity contribution in [1.29, 1.82) is 0 Å². The van der Waals surface area contributed by atoms with Gasteiger partial charge in [-0.25, -0.2) is 0 Å². The summed E-state index contributed by atoms with van der Waals surface area (Å²) in [5, 5.41) is 3.34. The van der Waals surface area contributed by atoms with Crippen LogP contribution in [-0.4, -0.2) is 37.0 Å². The van der Waals surface area contributed by atoms with E-state index in [1.54, 1.807) is 0 Å². The highest BCUT2D eigenvalue weighted by atomic mass is 16.2. The summed E-state index contributed by atoms with van der Waals surface area (Å²) in [6.45, 7) is 7.64. The normalized spacial score (nSPS) is 15.3. The van der Waals surface area contributed by atoms with Crippen molar-refractivity contribution in [1.82, 2.24) is 10.2 Å². The van der Waals surface area contributed by atoms with Gasteiger partial charge in [-0.05, 0) is 32.7 Å². The number of carbonyl (C=O) groups is 1. The van der Waals surface area contributed by atoms with Crippen LogP contribution >= 0.6 is 0 Å². The quantitative estimate of drug-likeness (QED) is 0.620. The Labute approximate surface area is 93.2 Å². The van der Waals surface area contributed by atoms with Gasteiger partial charge < -0.3 is 10.2 Å². The van der Waals surface area contributed by atoms with E-state index >= 15 is 0 Å². The molecule has 3 heteroatoms. The molecular formula is C12H24N2O. The molecular weight excluding hydrogens is 188 g/mol. The monoisotopic (exact) mass is 212 g/mol. The van der Waals surface area contributed by atoms with Gasteiger partial charge in [0.25, 0.3) is 0 Å². The molecule has 88 valence electrons. The summed E-state index contributed by atoms with van der Waals surface area (Å²) in [4.78, 5) is 13.5. The summed E-state index contributed by atoms with van der Waals surface area (Å²) >= 11 is 0. The smallest absolute Gasteiger partial charge is 0.223 e. The van der Waals surface area contributed by atoms with Crippen molar-refractivity contribution in [3.8, 4) is 0 Å². The van der Waals surface area contributed by atoms with Crippen molar-refractivity contribution >= 4 is 5.91 Å². The van der Waals surface area contributed by atoms with Crippen molar-refractivity contribution in [3.63, 3.8) is 0 Å². The molecule has 0 atom stereocenters. The summed E-state index contributed by atoms with van der Waals surface area (Å²) < 4.78 is 0. The summed E-state index contributed by atoms with van der Waals surface area (Å²) in [6, 6.07) is 0. The lowest BCUT2D eigenvalue weighted by Gasteiger charge is -2.18. The van der Waals surface area contributed by atoms with Gasteiger partial charge in [0.05, 0.1) is 0 Å². The Morgan fingerprint density at radius 3 is 2.47 bits per heavy atom. The van der Waals surface area contributed by atoms with E-state index in [2.05, 4.69) is 5.32 Å². The molecule has 1 fully saturated rings. The van der Waals surface area contributed by atoms with Crippen molar-refractivity contribution in [2.75, 3.05) is 26.2 Å². The molecule has 1 aliphatic carbocycles. The number of hydrogen-bond donors (Lipinski definition) is 1. The first-order valence-electron chi connectivity index (χ1n) is 6.26. The molecule has 3 nitrogen and oxygen atoms in total. The van der Waals surface area contributed by atoms with Crippen LogP contribution in [0.5, 0.6) is 0 Å².